The number of hydrogen-bond donors (Lipinski definition) is 1. The van der Waals surface area contributed by atoms with Crippen LogP contribution in [0.25, 0.3) is 0 Å². The quantitative estimate of drug-likeness (QED) is 0.911. The molecule has 2 aliphatic heterocycles. The second-order valence-corrected chi connectivity index (χ2v) is 7.69. The molecule has 3 aliphatic rings. The maximum absolute atomic E-state index is 6.59. The summed E-state index contributed by atoms with van der Waals surface area (Å²) in [5.41, 5.74) is 6.75. The van der Waals surface area contributed by atoms with Gasteiger partial charge in [0.25, 0.3) is 0 Å². The molecule has 1 saturated heterocycles. The molecule has 1 aromatic rings. The van der Waals surface area contributed by atoms with Gasteiger partial charge in [-0.1, -0.05) is 12.1 Å². The molecule has 1 aliphatic carbocycles. The van der Waals surface area contributed by atoms with Crippen LogP contribution in [0.3, 0.4) is 0 Å². The highest BCUT2D eigenvalue weighted by atomic mass is 32.2. The van der Waals surface area contributed by atoms with Crippen LogP contribution in [0.15, 0.2) is 29.2 Å². The van der Waals surface area contributed by atoms with Crippen LogP contribution in [0.5, 0.6) is 5.75 Å². The Morgan fingerprint density at radius 1 is 1.29 bits per heavy atom. The number of para-hydroxylation sites is 1. The first-order valence-electron chi connectivity index (χ1n) is 8.04. The van der Waals surface area contributed by atoms with Crippen molar-refractivity contribution in [2.45, 2.75) is 54.7 Å². The Kier molecular flexibility index (Phi) is 3.64. The fourth-order valence-corrected chi connectivity index (χ4v) is 4.91. The number of ether oxygens (including phenoxy) is 2. The molecule has 3 nitrogen and oxygen atoms in total. The highest BCUT2D eigenvalue weighted by Gasteiger charge is 2.45. The largest absolute Gasteiger partial charge is 0.487 e. The van der Waals surface area contributed by atoms with Crippen LogP contribution in [-0.2, 0) is 4.74 Å². The van der Waals surface area contributed by atoms with Crippen molar-refractivity contribution in [3.8, 4) is 5.75 Å². The van der Waals surface area contributed by atoms with Gasteiger partial charge in [-0.25, -0.2) is 0 Å². The molecule has 0 amide bonds. The van der Waals surface area contributed by atoms with Crippen LogP contribution in [-0.4, -0.2) is 30.1 Å². The molecule has 0 bridgehead atoms. The predicted molar refractivity (Wildman–Crippen MR) is 84.8 cm³/mol. The van der Waals surface area contributed by atoms with E-state index in [1.807, 2.05) is 17.8 Å². The van der Waals surface area contributed by atoms with E-state index in [-0.39, 0.29) is 17.7 Å². The summed E-state index contributed by atoms with van der Waals surface area (Å²) in [4.78, 5) is 1.24. The van der Waals surface area contributed by atoms with E-state index in [2.05, 4.69) is 18.2 Å². The number of benzene rings is 1. The Morgan fingerprint density at radius 3 is 2.95 bits per heavy atom. The van der Waals surface area contributed by atoms with Gasteiger partial charge in [0.05, 0.1) is 5.60 Å². The zero-order chi connectivity index (χ0) is 14.3. The van der Waals surface area contributed by atoms with Crippen LogP contribution in [0.2, 0.25) is 0 Å². The molecule has 2 fully saturated rings. The molecule has 21 heavy (non-hydrogen) atoms. The molecule has 0 aromatic heterocycles. The standard InChI is InChI=1S/C17H23NO2S/c18-16(12-6-9-19-17(10-12)7-3-8-17)14-11-21-15-5-2-1-4-13(15)20-14/h1-2,4-5,12,14,16H,3,6-11,18H2. The topological polar surface area (TPSA) is 44.5 Å². The summed E-state index contributed by atoms with van der Waals surface area (Å²) in [6.07, 6.45) is 6.09. The van der Waals surface area contributed by atoms with E-state index in [0.717, 1.165) is 31.0 Å². The lowest BCUT2D eigenvalue weighted by Gasteiger charge is -2.49. The van der Waals surface area contributed by atoms with Crippen LogP contribution in [0.4, 0.5) is 0 Å². The molecule has 1 aromatic carbocycles. The smallest absolute Gasteiger partial charge is 0.133 e. The van der Waals surface area contributed by atoms with Crippen molar-refractivity contribution in [1.82, 2.24) is 0 Å². The number of thioether (sulfide) groups is 1. The zero-order valence-electron chi connectivity index (χ0n) is 12.3. The van der Waals surface area contributed by atoms with E-state index >= 15 is 0 Å². The maximum atomic E-state index is 6.59. The van der Waals surface area contributed by atoms with Gasteiger partial charge in [-0.2, -0.15) is 0 Å². The van der Waals surface area contributed by atoms with Gasteiger partial charge in [0.1, 0.15) is 11.9 Å². The van der Waals surface area contributed by atoms with E-state index in [0.29, 0.717) is 5.92 Å². The van der Waals surface area contributed by atoms with Gasteiger partial charge in [-0.3, -0.25) is 0 Å². The lowest BCUT2D eigenvalue weighted by molar-refractivity contribution is -0.148. The second-order valence-electron chi connectivity index (χ2n) is 6.63. The van der Waals surface area contributed by atoms with Crippen molar-refractivity contribution < 1.29 is 9.47 Å². The second kappa shape index (κ2) is 5.49. The zero-order valence-corrected chi connectivity index (χ0v) is 13.1. The average Bonchev–Trinajstić information content (AvgIpc) is 2.52. The monoisotopic (exact) mass is 305 g/mol. The number of hydrogen-bond acceptors (Lipinski definition) is 4. The molecule has 3 atom stereocenters. The van der Waals surface area contributed by atoms with Crippen LogP contribution in [0.1, 0.15) is 32.1 Å². The summed E-state index contributed by atoms with van der Waals surface area (Å²) in [6, 6.07) is 8.39. The molecule has 1 spiro atoms. The van der Waals surface area contributed by atoms with Crippen molar-refractivity contribution in [2.75, 3.05) is 12.4 Å². The Bertz CT molecular complexity index is 517. The summed E-state index contributed by atoms with van der Waals surface area (Å²) in [5.74, 6) is 2.50. The molecular weight excluding hydrogens is 282 g/mol. The Labute approximate surface area is 130 Å². The van der Waals surface area contributed by atoms with Crippen LogP contribution >= 0.6 is 11.8 Å². The summed E-state index contributed by atoms with van der Waals surface area (Å²) in [7, 11) is 0. The minimum atomic E-state index is 0.118. The third-order valence-electron chi connectivity index (χ3n) is 5.30. The molecule has 3 unspecified atom stereocenters. The third-order valence-corrected chi connectivity index (χ3v) is 6.44. The van der Waals surface area contributed by atoms with Gasteiger partial charge >= 0.3 is 0 Å². The van der Waals surface area contributed by atoms with E-state index in [9.17, 15) is 0 Å². The molecule has 1 saturated carbocycles. The molecule has 2 heterocycles. The van der Waals surface area contributed by atoms with Crippen molar-refractivity contribution >= 4 is 11.8 Å². The van der Waals surface area contributed by atoms with Gasteiger partial charge in [0.15, 0.2) is 0 Å². The van der Waals surface area contributed by atoms with E-state index in [1.165, 1.54) is 24.2 Å². The Morgan fingerprint density at radius 2 is 2.14 bits per heavy atom. The average molecular weight is 305 g/mol. The van der Waals surface area contributed by atoms with Gasteiger partial charge < -0.3 is 15.2 Å². The lowest BCUT2D eigenvalue weighted by atomic mass is 9.70. The summed E-state index contributed by atoms with van der Waals surface area (Å²) >= 11 is 1.87. The fourth-order valence-electron chi connectivity index (χ4n) is 3.84. The highest BCUT2D eigenvalue weighted by Crippen LogP contribution is 2.46. The summed E-state index contributed by atoms with van der Waals surface area (Å²) in [5, 5.41) is 0. The van der Waals surface area contributed by atoms with Crippen molar-refractivity contribution in [3.05, 3.63) is 24.3 Å². The first kappa shape index (κ1) is 13.9. The van der Waals surface area contributed by atoms with Crippen molar-refractivity contribution in [1.29, 1.82) is 0 Å². The Balaban J connectivity index is 1.44. The normalized spacial score (nSPS) is 31.9. The number of nitrogens with two attached hydrogens (primary N) is 1. The van der Waals surface area contributed by atoms with Crippen molar-refractivity contribution in [2.24, 2.45) is 11.7 Å². The number of fused-ring (bicyclic) bond motifs is 1. The number of rotatable bonds is 2. The van der Waals surface area contributed by atoms with E-state index in [4.69, 9.17) is 15.2 Å². The van der Waals surface area contributed by atoms with Gasteiger partial charge in [0.2, 0.25) is 0 Å². The van der Waals surface area contributed by atoms with Gasteiger partial charge in [-0.15, -0.1) is 11.8 Å². The molecule has 4 rings (SSSR count). The maximum Gasteiger partial charge on any atom is 0.133 e. The minimum Gasteiger partial charge on any atom is -0.487 e. The van der Waals surface area contributed by atoms with Gasteiger partial charge in [-0.05, 0) is 50.2 Å². The first-order chi connectivity index (χ1) is 10.3. The molecule has 2 N–H and O–H groups in total. The molecular formula is C17H23NO2S. The Hall–Kier alpha value is -0.710. The first-order valence-corrected chi connectivity index (χ1v) is 9.02. The highest BCUT2D eigenvalue weighted by molar-refractivity contribution is 7.99. The third kappa shape index (κ3) is 2.58. The SMILES string of the molecule is NC(C1CCOC2(CCC2)C1)C1CSc2ccccc2O1. The van der Waals surface area contributed by atoms with Crippen LogP contribution in [0, 0.1) is 5.92 Å². The van der Waals surface area contributed by atoms with E-state index < -0.39 is 0 Å². The van der Waals surface area contributed by atoms with E-state index in [1.54, 1.807) is 0 Å². The molecule has 0 radical (unpaired) electrons. The lowest BCUT2D eigenvalue weighted by Crippen LogP contribution is -2.54. The summed E-state index contributed by atoms with van der Waals surface area (Å²) in [6.45, 7) is 0.870. The minimum absolute atomic E-state index is 0.118. The summed E-state index contributed by atoms with van der Waals surface area (Å²) < 4.78 is 12.2. The molecule has 114 valence electrons. The molecule has 4 heteroatoms. The van der Waals surface area contributed by atoms with Gasteiger partial charge in [0, 0.05) is 23.3 Å². The fraction of sp³-hybridized carbons (Fsp3) is 0.647. The van der Waals surface area contributed by atoms with Crippen molar-refractivity contribution in [3.63, 3.8) is 0 Å². The van der Waals surface area contributed by atoms with Crippen LogP contribution < -0.4 is 10.5 Å². The predicted octanol–water partition coefficient (Wildman–Crippen LogP) is 3.22.